The third-order valence-electron chi connectivity index (χ3n) is 5.31. The number of esters is 2. The van der Waals surface area contributed by atoms with Gasteiger partial charge in [0.1, 0.15) is 5.60 Å². The Morgan fingerprint density at radius 1 is 1.03 bits per heavy atom. The first-order chi connectivity index (χ1) is 14.6. The molecule has 0 heterocycles. The molecule has 0 spiro atoms. The molecule has 32 heavy (non-hydrogen) atoms. The Balaban J connectivity index is 3.16. The molecule has 0 aliphatic rings. The van der Waals surface area contributed by atoms with Gasteiger partial charge in [0.25, 0.3) is 0 Å². The van der Waals surface area contributed by atoms with Crippen molar-refractivity contribution in [2.45, 2.75) is 71.8 Å². The molecule has 0 bridgehead atoms. The minimum atomic E-state index is -3.36. The van der Waals surface area contributed by atoms with Crippen molar-refractivity contribution >= 4 is 21.8 Å². The van der Waals surface area contributed by atoms with Crippen molar-refractivity contribution in [2.24, 2.45) is 5.41 Å². The van der Waals surface area contributed by atoms with Crippen molar-refractivity contribution in [3.05, 3.63) is 35.4 Å². The van der Waals surface area contributed by atoms with Crippen LogP contribution in [0.15, 0.2) is 24.3 Å². The van der Waals surface area contributed by atoms with Crippen LogP contribution >= 0.6 is 0 Å². The van der Waals surface area contributed by atoms with Crippen LogP contribution in [-0.2, 0) is 29.5 Å². The van der Waals surface area contributed by atoms with E-state index in [-0.39, 0.29) is 11.5 Å². The van der Waals surface area contributed by atoms with Gasteiger partial charge in [-0.3, -0.25) is 4.79 Å². The van der Waals surface area contributed by atoms with E-state index in [1.165, 1.54) is 7.11 Å². The highest BCUT2D eigenvalue weighted by Crippen LogP contribution is 2.36. The van der Waals surface area contributed by atoms with Gasteiger partial charge in [0.15, 0.2) is 9.84 Å². The number of aliphatic hydroxyl groups is 1. The second-order valence-electron chi connectivity index (χ2n) is 10.2. The number of carbonyl (C=O) groups is 2. The Morgan fingerprint density at radius 3 is 2.19 bits per heavy atom. The Kier molecular flexibility index (Phi) is 9.48. The average molecular weight is 471 g/mol. The molecule has 1 atom stereocenters. The van der Waals surface area contributed by atoms with E-state index in [0.29, 0.717) is 30.4 Å². The minimum Gasteiger partial charge on any atom is -0.465 e. The number of hydrogen-bond acceptors (Lipinski definition) is 7. The molecule has 0 saturated carbocycles. The highest BCUT2D eigenvalue weighted by atomic mass is 32.2. The van der Waals surface area contributed by atoms with Crippen LogP contribution in [0.5, 0.6) is 0 Å². The van der Waals surface area contributed by atoms with E-state index in [4.69, 9.17) is 14.6 Å². The molecule has 0 amide bonds. The predicted octanol–water partition coefficient (Wildman–Crippen LogP) is 3.68. The summed E-state index contributed by atoms with van der Waals surface area (Å²) in [6.07, 6.45) is 1.54. The normalized spacial score (nSPS) is 14.5. The third-order valence-corrected chi connectivity index (χ3v) is 7.34. The summed E-state index contributed by atoms with van der Waals surface area (Å²) >= 11 is 0. The number of rotatable bonds is 11. The molecule has 8 heteroatoms. The molecule has 0 saturated heterocycles. The molecule has 0 radical (unpaired) electrons. The molecule has 0 fully saturated rings. The maximum Gasteiger partial charge on any atom is 0.337 e. The van der Waals surface area contributed by atoms with Gasteiger partial charge in [-0.25, -0.2) is 13.2 Å². The SMILES string of the molecule is COC(=O)c1cccc(C(C)(CCCC(C)(C)CS(=O)(=O)CCO)C(=O)OC(C)(C)C)c1. The second-order valence-corrected chi connectivity index (χ2v) is 12.4. The second kappa shape index (κ2) is 10.8. The first-order valence-electron chi connectivity index (χ1n) is 10.8. The van der Waals surface area contributed by atoms with Gasteiger partial charge in [-0.15, -0.1) is 0 Å². The van der Waals surface area contributed by atoms with Crippen LogP contribution in [0.2, 0.25) is 0 Å². The summed E-state index contributed by atoms with van der Waals surface area (Å²) in [6.45, 7) is 10.5. The average Bonchev–Trinajstić information content (AvgIpc) is 2.64. The van der Waals surface area contributed by atoms with E-state index in [1.807, 2.05) is 13.8 Å². The summed E-state index contributed by atoms with van der Waals surface area (Å²) < 4.78 is 34.8. The van der Waals surface area contributed by atoms with Gasteiger partial charge in [0, 0.05) is 0 Å². The van der Waals surface area contributed by atoms with Crippen LogP contribution in [0.3, 0.4) is 0 Å². The maximum absolute atomic E-state index is 13.2. The van der Waals surface area contributed by atoms with Crippen LogP contribution < -0.4 is 0 Å². The van der Waals surface area contributed by atoms with Crippen LogP contribution in [0.4, 0.5) is 0 Å². The lowest BCUT2D eigenvalue weighted by molar-refractivity contribution is -0.162. The van der Waals surface area contributed by atoms with E-state index in [2.05, 4.69) is 0 Å². The molecule has 7 nitrogen and oxygen atoms in total. The summed E-state index contributed by atoms with van der Waals surface area (Å²) in [6, 6.07) is 6.76. The van der Waals surface area contributed by atoms with Gasteiger partial charge in [0.2, 0.25) is 0 Å². The fourth-order valence-corrected chi connectivity index (χ4v) is 5.42. The summed E-state index contributed by atoms with van der Waals surface area (Å²) in [5, 5.41) is 8.98. The Labute approximate surface area is 192 Å². The Morgan fingerprint density at radius 2 is 1.66 bits per heavy atom. The van der Waals surface area contributed by atoms with Crippen molar-refractivity contribution in [1.29, 1.82) is 0 Å². The van der Waals surface area contributed by atoms with Crippen LogP contribution in [0.25, 0.3) is 0 Å². The van der Waals surface area contributed by atoms with Crippen molar-refractivity contribution in [1.82, 2.24) is 0 Å². The molecule has 1 unspecified atom stereocenters. The van der Waals surface area contributed by atoms with E-state index in [1.54, 1.807) is 52.0 Å². The molecular formula is C24H38O7S. The summed E-state index contributed by atoms with van der Waals surface area (Å²) in [5.41, 5.74) is -1.25. The summed E-state index contributed by atoms with van der Waals surface area (Å²) in [4.78, 5) is 25.2. The van der Waals surface area contributed by atoms with Gasteiger partial charge >= 0.3 is 11.9 Å². The quantitative estimate of drug-likeness (QED) is 0.492. The number of ether oxygens (including phenoxy) is 2. The number of benzene rings is 1. The lowest BCUT2D eigenvalue weighted by atomic mass is 9.75. The van der Waals surface area contributed by atoms with E-state index in [0.717, 1.165) is 0 Å². The minimum absolute atomic E-state index is 0.0401. The Bertz CT molecular complexity index is 897. The fourth-order valence-electron chi connectivity index (χ4n) is 3.66. The number of carbonyl (C=O) groups excluding carboxylic acids is 2. The smallest absolute Gasteiger partial charge is 0.337 e. The van der Waals surface area contributed by atoms with Crippen LogP contribution in [0.1, 0.15) is 76.7 Å². The molecule has 1 aromatic carbocycles. The largest absolute Gasteiger partial charge is 0.465 e. The van der Waals surface area contributed by atoms with Crippen molar-refractivity contribution in [2.75, 3.05) is 25.2 Å². The molecular weight excluding hydrogens is 432 g/mol. The Hall–Kier alpha value is -1.93. The van der Waals surface area contributed by atoms with Gasteiger partial charge in [-0.2, -0.15) is 0 Å². The zero-order valence-corrected chi connectivity index (χ0v) is 21.2. The highest BCUT2D eigenvalue weighted by Gasteiger charge is 2.39. The molecule has 1 aromatic rings. The summed E-state index contributed by atoms with van der Waals surface area (Å²) in [7, 11) is -2.06. The van der Waals surface area contributed by atoms with Crippen molar-refractivity contribution in [3.8, 4) is 0 Å². The van der Waals surface area contributed by atoms with E-state index < -0.39 is 44.8 Å². The zero-order valence-electron chi connectivity index (χ0n) is 20.4. The first kappa shape index (κ1) is 28.1. The zero-order chi connectivity index (χ0) is 24.8. The van der Waals surface area contributed by atoms with Crippen LogP contribution in [-0.4, -0.2) is 56.3 Å². The molecule has 0 aliphatic heterocycles. The lowest BCUT2D eigenvalue weighted by Gasteiger charge is -2.33. The number of methoxy groups -OCH3 is 1. The van der Waals surface area contributed by atoms with Gasteiger partial charge in [-0.05, 0) is 63.6 Å². The van der Waals surface area contributed by atoms with Gasteiger partial charge in [-0.1, -0.05) is 32.4 Å². The number of hydrogen-bond donors (Lipinski definition) is 1. The molecule has 182 valence electrons. The monoisotopic (exact) mass is 470 g/mol. The van der Waals surface area contributed by atoms with E-state index in [9.17, 15) is 18.0 Å². The van der Waals surface area contributed by atoms with Gasteiger partial charge in [0.05, 0.1) is 36.2 Å². The lowest BCUT2D eigenvalue weighted by Crippen LogP contribution is -2.39. The topological polar surface area (TPSA) is 107 Å². The first-order valence-corrected chi connectivity index (χ1v) is 12.6. The summed E-state index contributed by atoms with van der Waals surface area (Å²) in [5.74, 6) is -1.19. The molecule has 1 rings (SSSR count). The predicted molar refractivity (Wildman–Crippen MR) is 124 cm³/mol. The molecule has 1 N–H and O–H groups in total. The van der Waals surface area contributed by atoms with Gasteiger partial charge < -0.3 is 14.6 Å². The third kappa shape index (κ3) is 8.54. The number of aliphatic hydroxyl groups excluding tert-OH is 1. The van der Waals surface area contributed by atoms with Crippen molar-refractivity contribution in [3.63, 3.8) is 0 Å². The van der Waals surface area contributed by atoms with E-state index >= 15 is 0 Å². The fraction of sp³-hybridized carbons (Fsp3) is 0.667. The molecule has 0 aliphatic carbocycles. The number of sulfone groups is 1. The molecule has 0 aromatic heterocycles. The highest BCUT2D eigenvalue weighted by molar-refractivity contribution is 7.91. The standard InChI is InChI=1S/C24H38O7S/c1-22(2,3)31-21(27)24(6,19-11-8-10-18(16-19)20(26)30-7)13-9-12-23(4,5)17-32(28,29)15-14-25/h8,10-11,16,25H,9,12-15,17H2,1-7H3. The maximum atomic E-state index is 13.2. The van der Waals surface area contributed by atoms with Crippen molar-refractivity contribution < 1.29 is 32.6 Å². The van der Waals surface area contributed by atoms with Crippen LogP contribution in [0, 0.1) is 5.41 Å².